The molecule has 0 bridgehead atoms. The minimum absolute atomic E-state index is 0.147. The van der Waals surface area contributed by atoms with Crippen LogP contribution in [0.25, 0.3) is 5.57 Å². The van der Waals surface area contributed by atoms with Crippen LogP contribution in [0.5, 0.6) is 11.5 Å². The van der Waals surface area contributed by atoms with Gasteiger partial charge in [0.05, 0.1) is 12.1 Å². The number of carbonyl (C=O) groups excluding carboxylic acids is 2. The Morgan fingerprint density at radius 2 is 1.71 bits per heavy atom. The maximum Gasteiger partial charge on any atom is 0.278 e. The van der Waals surface area contributed by atoms with Crippen molar-refractivity contribution in [3.63, 3.8) is 0 Å². The Morgan fingerprint density at radius 3 is 2.48 bits per heavy atom. The van der Waals surface area contributed by atoms with Crippen LogP contribution in [0.1, 0.15) is 11.1 Å². The smallest absolute Gasteiger partial charge is 0.278 e. The van der Waals surface area contributed by atoms with E-state index in [1.165, 1.54) is 4.90 Å². The van der Waals surface area contributed by atoms with Crippen molar-refractivity contribution in [3.05, 3.63) is 89.9 Å². The van der Waals surface area contributed by atoms with Gasteiger partial charge in [0.1, 0.15) is 18.9 Å². The molecular weight excluding hydrogens is 394 g/mol. The first-order valence-electron chi connectivity index (χ1n) is 9.92. The maximum atomic E-state index is 13.3. The Bertz CT molecular complexity index is 1180. The van der Waals surface area contributed by atoms with E-state index in [9.17, 15) is 9.59 Å². The lowest BCUT2D eigenvalue weighted by molar-refractivity contribution is -0.137. The van der Waals surface area contributed by atoms with E-state index in [1.807, 2.05) is 36.4 Å². The molecule has 2 aliphatic heterocycles. The Balaban J connectivity index is 1.52. The number of benzene rings is 2. The number of imide groups is 1. The lowest BCUT2D eigenvalue weighted by Crippen LogP contribution is -2.32. The van der Waals surface area contributed by atoms with Crippen molar-refractivity contribution in [2.75, 3.05) is 18.5 Å². The van der Waals surface area contributed by atoms with Crippen molar-refractivity contribution in [2.45, 2.75) is 6.54 Å². The predicted molar refractivity (Wildman–Crippen MR) is 114 cm³/mol. The number of fused-ring (bicyclic) bond motifs is 1. The van der Waals surface area contributed by atoms with Crippen molar-refractivity contribution in [2.24, 2.45) is 0 Å². The van der Waals surface area contributed by atoms with E-state index in [0.717, 1.165) is 5.56 Å². The zero-order chi connectivity index (χ0) is 21.2. The SMILES string of the molecule is O=C1C(Nc2ccc3c(c2)OCCO3)=C(c2ccccc2)C(=O)N1Cc1cccnc1. The molecule has 5 rings (SSSR count). The summed E-state index contributed by atoms with van der Waals surface area (Å²) in [5.74, 6) is 0.519. The van der Waals surface area contributed by atoms with Gasteiger partial charge < -0.3 is 14.8 Å². The van der Waals surface area contributed by atoms with Crippen molar-refractivity contribution in [1.82, 2.24) is 9.88 Å². The summed E-state index contributed by atoms with van der Waals surface area (Å²) in [4.78, 5) is 31.9. The molecule has 0 spiro atoms. The summed E-state index contributed by atoms with van der Waals surface area (Å²) in [6.45, 7) is 1.11. The molecule has 0 saturated carbocycles. The molecule has 1 aromatic heterocycles. The molecule has 31 heavy (non-hydrogen) atoms. The standard InChI is InChI=1S/C24H19N3O4/c28-23-21(17-6-2-1-3-7-17)22(24(29)27(23)15-16-5-4-10-25-14-16)26-18-8-9-19-20(13-18)31-12-11-30-19/h1-10,13-14,26H,11-12,15H2. The van der Waals surface area contributed by atoms with Gasteiger partial charge in [-0.3, -0.25) is 19.5 Å². The third-order valence-corrected chi connectivity index (χ3v) is 5.11. The van der Waals surface area contributed by atoms with E-state index >= 15 is 0 Å². The van der Waals surface area contributed by atoms with E-state index in [0.29, 0.717) is 41.5 Å². The van der Waals surface area contributed by atoms with E-state index in [4.69, 9.17) is 9.47 Å². The summed E-state index contributed by atoms with van der Waals surface area (Å²) in [5, 5.41) is 3.15. The van der Waals surface area contributed by atoms with E-state index < -0.39 is 0 Å². The summed E-state index contributed by atoms with van der Waals surface area (Å²) in [6, 6.07) is 18.1. The van der Waals surface area contributed by atoms with Gasteiger partial charge in [-0.25, -0.2) is 0 Å². The molecule has 7 heteroatoms. The molecule has 3 heterocycles. The predicted octanol–water partition coefficient (Wildman–Crippen LogP) is 3.25. The largest absolute Gasteiger partial charge is 0.486 e. The quantitative estimate of drug-likeness (QED) is 0.647. The zero-order valence-corrected chi connectivity index (χ0v) is 16.6. The first-order valence-corrected chi connectivity index (χ1v) is 9.92. The number of anilines is 1. The number of hydrogen-bond donors (Lipinski definition) is 1. The van der Waals surface area contributed by atoms with Crippen LogP contribution in [0, 0.1) is 0 Å². The first kappa shape index (κ1) is 18.9. The number of carbonyl (C=O) groups is 2. The molecule has 2 aliphatic rings. The summed E-state index contributed by atoms with van der Waals surface area (Å²) in [5.41, 5.74) is 2.66. The average molecular weight is 413 g/mol. The van der Waals surface area contributed by atoms with Gasteiger partial charge in [-0.05, 0) is 29.3 Å². The number of pyridine rings is 1. The lowest BCUT2D eigenvalue weighted by atomic mass is 10.0. The molecule has 154 valence electrons. The number of amides is 2. The van der Waals surface area contributed by atoms with Gasteiger partial charge in [0.15, 0.2) is 11.5 Å². The topological polar surface area (TPSA) is 80.8 Å². The van der Waals surface area contributed by atoms with Crippen molar-refractivity contribution >= 4 is 23.1 Å². The number of ether oxygens (including phenoxy) is 2. The average Bonchev–Trinajstić information content (AvgIpc) is 3.04. The Kier molecular flexibility index (Phi) is 4.84. The summed E-state index contributed by atoms with van der Waals surface area (Å²) in [6.07, 6.45) is 3.30. The summed E-state index contributed by atoms with van der Waals surface area (Å²) >= 11 is 0. The maximum absolute atomic E-state index is 13.3. The third-order valence-electron chi connectivity index (χ3n) is 5.11. The molecule has 3 aromatic rings. The molecule has 7 nitrogen and oxygen atoms in total. The van der Waals surface area contributed by atoms with Crippen LogP contribution in [-0.4, -0.2) is 34.9 Å². The normalized spacial score (nSPS) is 15.4. The first-order chi connectivity index (χ1) is 15.2. The van der Waals surface area contributed by atoms with Crippen LogP contribution < -0.4 is 14.8 Å². The highest BCUT2D eigenvalue weighted by molar-refractivity contribution is 6.36. The lowest BCUT2D eigenvalue weighted by Gasteiger charge is -2.19. The molecule has 2 amide bonds. The monoisotopic (exact) mass is 413 g/mol. The van der Waals surface area contributed by atoms with Crippen molar-refractivity contribution in [1.29, 1.82) is 0 Å². The van der Waals surface area contributed by atoms with Gasteiger partial charge in [0.2, 0.25) is 0 Å². The molecule has 0 aliphatic carbocycles. The molecule has 0 radical (unpaired) electrons. The van der Waals surface area contributed by atoms with Crippen LogP contribution >= 0.6 is 0 Å². The summed E-state index contributed by atoms with van der Waals surface area (Å²) < 4.78 is 11.2. The van der Waals surface area contributed by atoms with Gasteiger partial charge in [-0.2, -0.15) is 0 Å². The number of nitrogens with zero attached hydrogens (tertiary/aromatic N) is 2. The fourth-order valence-electron chi connectivity index (χ4n) is 3.65. The minimum Gasteiger partial charge on any atom is -0.486 e. The van der Waals surface area contributed by atoms with Gasteiger partial charge in [0.25, 0.3) is 11.8 Å². The second-order valence-electron chi connectivity index (χ2n) is 7.16. The fraction of sp³-hybridized carbons (Fsp3) is 0.125. The highest BCUT2D eigenvalue weighted by Crippen LogP contribution is 2.35. The van der Waals surface area contributed by atoms with E-state index in [1.54, 1.807) is 36.7 Å². The van der Waals surface area contributed by atoms with Crippen molar-refractivity contribution < 1.29 is 19.1 Å². The molecule has 0 unspecified atom stereocenters. The minimum atomic E-state index is -0.386. The highest BCUT2D eigenvalue weighted by atomic mass is 16.6. The molecule has 2 aromatic carbocycles. The van der Waals surface area contributed by atoms with Crippen LogP contribution in [0.2, 0.25) is 0 Å². The van der Waals surface area contributed by atoms with Gasteiger partial charge in [-0.15, -0.1) is 0 Å². The highest BCUT2D eigenvalue weighted by Gasteiger charge is 2.39. The van der Waals surface area contributed by atoms with Gasteiger partial charge in [0, 0.05) is 24.1 Å². The Morgan fingerprint density at radius 1 is 0.903 bits per heavy atom. The zero-order valence-electron chi connectivity index (χ0n) is 16.6. The van der Waals surface area contributed by atoms with Crippen LogP contribution in [0.4, 0.5) is 5.69 Å². The number of hydrogen-bond acceptors (Lipinski definition) is 6. The Hall–Kier alpha value is -4.13. The number of nitrogens with one attached hydrogen (secondary N) is 1. The fourth-order valence-corrected chi connectivity index (χ4v) is 3.65. The molecule has 1 N–H and O–H groups in total. The second kappa shape index (κ2) is 7.95. The summed E-state index contributed by atoms with van der Waals surface area (Å²) in [7, 11) is 0. The number of aromatic nitrogens is 1. The third kappa shape index (κ3) is 3.61. The molecular formula is C24H19N3O4. The van der Waals surface area contributed by atoms with Gasteiger partial charge >= 0.3 is 0 Å². The molecule has 0 fully saturated rings. The van der Waals surface area contributed by atoms with Gasteiger partial charge in [-0.1, -0.05) is 36.4 Å². The Labute approximate surface area is 178 Å². The van der Waals surface area contributed by atoms with E-state index in [2.05, 4.69) is 10.3 Å². The van der Waals surface area contributed by atoms with Crippen LogP contribution in [-0.2, 0) is 16.1 Å². The van der Waals surface area contributed by atoms with Crippen molar-refractivity contribution in [3.8, 4) is 11.5 Å². The molecule has 0 atom stereocenters. The number of rotatable bonds is 5. The van der Waals surface area contributed by atoms with E-state index in [-0.39, 0.29) is 24.1 Å². The van der Waals surface area contributed by atoms with Crippen LogP contribution in [0.3, 0.4) is 0 Å². The van der Waals surface area contributed by atoms with Crippen LogP contribution in [0.15, 0.2) is 78.8 Å². The second-order valence-corrected chi connectivity index (χ2v) is 7.16. The molecule has 0 saturated heterocycles.